The average molecular weight is 297 g/mol. The molecule has 1 aromatic rings. The van der Waals surface area contributed by atoms with E-state index in [1.54, 1.807) is 11.2 Å². The zero-order chi connectivity index (χ0) is 14.6. The molecular formula is C15H25N2O2S+. The first-order chi connectivity index (χ1) is 9.51. The van der Waals surface area contributed by atoms with Crippen molar-refractivity contribution in [3.05, 3.63) is 35.9 Å². The van der Waals surface area contributed by atoms with Gasteiger partial charge in [-0.05, 0) is 13.8 Å². The van der Waals surface area contributed by atoms with Gasteiger partial charge in [0.15, 0.2) is 0 Å². The first kappa shape index (κ1) is 15.5. The molecule has 1 aromatic carbocycles. The Bertz CT molecular complexity index is 520. The minimum Gasteiger partial charge on any atom is -0.318 e. The Hall–Kier alpha value is -0.910. The van der Waals surface area contributed by atoms with Gasteiger partial charge in [0.05, 0.1) is 38.5 Å². The molecule has 20 heavy (non-hydrogen) atoms. The number of rotatable bonds is 5. The highest BCUT2D eigenvalue weighted by molar-refractivity contribution is 7.89. The second-order valence-electron chi connectivity index (χ2n) is 5.55. The molecule has 1 aliphatic rings. The van der Waals surface area contributed by atoms with Crippen LogP contribution < -0.4 is 0 Å². The molecule has 4 nitrogen and oxygen atoms in total. The summed E-state index contributed by atoms with van der Waals surface area (Å²) in [6, 6.07) is 10.5. The van der Waals surface area contributed by atoms with Gasteiger partial charge in [0.1, 0.15) is 6.54 Å². The molecule has 0 atom stereocenters. The van der Waals surface area contributed by atoms with E-state index in [0.717, 1.165) is 30.7 Å². The van der Waals surface area contributed by atoms with Crippen molar-refractivity contribution in [3.63, 3.8) is 0 Å². The van der Waals surface area contributed by atoms with E-state index in [1.807, 2.05) is 6.07 Å². The summed E-state index contributed by atoms with van der Waals surface area (Å²) in [5, 5.41) is 0. The molecule has 0 radical (unpaired) electrons. The molecule has 1 saturated heterocycles. The van der Waals surface area contributed by atoms with Crippen molar-refractivity contribution in [3.8, 4) is 0 Å². The zero-order valence-electron chi connectivity index (χ0n) is 12.5. The quantitative estimate of drug-likeness (QED) is 0.776. The largest absolute Gasteiger partial charge is 0.318 e. The number of piperazine rings is 1. The monoisotopic (exact) mass is 297 g/mol. The molecular weight excluding hydrogens is 272 g/mol. The van der Waals surface area contributed by atoms with Crippen LogP contribution in [0, 0.1) is 0 Å². The van der Waals surface area contributed by atoms with E-state index in [-0.39, 0.29) is 5.75 Å². The topological polar surface area (TPSA) is 37.4 Å². The van der Waals surface area contributed by atoms with Gasteiger partial charge in [0.25, 0.3) is 0 Å². The van der Waals surface area contributed by atoms with Crippen LogP contribution in [0.2, 0.25) is 0 Å². The molecule has 0 aromatic heterocycles. The lowest BCUT2D eigenvalue weighted by Crippen LogP contribution is -2.59. The summed E-state index contributed by atoms with van der Waals surface area (Å²) >= 11 is 0. The Morgan fingerprint density at radius 1 is 1.10 bits per heavy atom. The Morgan fingerprint density at radius 3 is 2.20 bits per heavy atom. The van der Waals surface area contributed by atoms with Crippen LogP contribution in [0.5, 0.6) is 0 Å². The van der Waals surface area contributed by atoms with Crippen molar-refractivity contribution in [1.82, 2.24) is 4.31 Å². The van der Waals surface area contributed by atoms with Crippen molar-refractivity contribution >= 4 is 10.0 Å². The van der Waals surface area contributed by atoms with Crippen LogP contribution in [0.15, 0.2) is 30.3 Å². The molecule has 2 rings (SSSR count). The predicted octanol–water partition coefficient (Wildman–Crippen LogP) is 1.69. The van der Waals surface area contributed by atoms with Crippen LogP contribution in [0.25, 0.3) is 0 Å². The Balaban J connectivity index is 2.05. The highest BCUT2D eigenvalue weighted by Gasteiger charge is 2.35. The number of hydrogen-bond donors (Lipinski definition) is 0. The van der Waals surface area contributed by atoms with Crippen LogP contribution in [-0.4, -0.2) is 55.7 Å². The van der Waals surface area contributed by atoms with E-state index in [0.29, 0.717) is 13.1 Å². The smallest absolute Gasteiger partial charge is 0.214 e. The molecule has 1 heterocycles. The standard InChI is InChI=1S/C15H25N2O2S/c1-3-17(14-15-8-6-5-7-9-15)12-10-16(11-13-17)20(18,19)4-2/h5-9H,3-4,10-14H2,1-2H3/q+1. The molecule has 0 unspecified atom stereocenters. The lowest BCUT2D eigenvalue weighted by atomic mass is 10.1. The Labute approximate surface area is 122 Å². The summed E-state index contributed by atoms with van der Waals surface area (Å²) in [5.74, 6) is 0.206. The Kier molecular flexibility index (Phi) is 4.83. The summed E-state index contributed by atoms with van der Waals surface area (Å²) in [7, 11) is -3.03. The zero-order valence-corrected chi connectivity index (χ0v) is 13.3. The van der Waals surface area contributed by atoms with Crippen molar-refractivity contribution in [2.75, 3.05) is 38.5 Å². The second kappa shape index (κ2) is 6.24. The predicted molar refractivity (Wildman–Crippen MR) is 81.7 cm³/mol. The third kappa shape index (κ3) is 3.40. The van der Waals surface area contributed by atoms with Gasteiger partial charge in [0, 0.05) is 5.56 Å². The van der Waals surface area contributed by atoms with Crippen LogP contribution >= 0.6 is 0 Å². The number of benzene rings is 1. The maximum Gasteiger partial charge on any atom is 0.214 e. The van der Waals surface area contributed by atoms with E-state index >= 15 is 0 Å². The molecule has 0 bridgehead atoms. The fraction of sp³-hybridized carbons (Fsp3) is 0.600. The fourth-order valence-corrected chi connectivity index (χ4v) is 3.97. The molecule has 5 heteroatoms. The van der Waals surface area contributed by atoms with Gasteiger partial charge < -0.3 is 4.48 Å². The SMILES string of the molecule is CC[N+]1(Cc2ccccc2)CCN(S(=O)(=O)CC)CC1. The molecule has 0 spiro atoms. The number of nitrogens with zero attached hydrogens (tertiary/aromatic N) is 2. The van der Waals surface area contributed by atoms with Gasteiger partial charge in [-0.3, -0.25) is 0 Å². The van der Waals surface area contributed by atoms with Crippen LogP contribution in [-0.2, 0) is 16.6 Å². The number of sulfonamides is 1. The van der Waals surface area contributed by atoms with Crippen molar-refractivity contribution in [2.24, 2.45) is 0 Å². The first-order valence-corrected chi connectivity index (χ1v) is 8.99. The summed E-state index contributed by atoms with van der Waals surface area (Å²) < 4.78 is 26.5. The normalized spacial score (nSPS) is 19.9. The van der Waals surface area contributed by atoms with E-state index in [1.165, 1.54) is 5.56 Å². The van der Waals surface area contributed by atoms with Gasteiger partial charge in [-0.1, -0.05) is 30.3 Å². The third-order valence-electron chi connectivity index (χ3n) is 4.44. The average Bonchev–Trinajstić information content (AvgIpc) is 2.49. The number of likely N-dealkylation sites (N-methyl/N-ethyl adjacent to an activating group) is 1. The second-order valence-corrected chi connectivity index (χ2v) is 7.81. The summed E-state index contributed by atoms with van der Waals surface area (Å²) in [6.45, 7) is 9.08. The molecule has 0 aliphatic carbocycles. The van der Waals surface area contributed by atoms with E-state index < -0.39 is 10.0 Å². The highest BCUT2D eigenvalue weighted by atomic mass is 32.2. The molecule has 0 N–H and O–H groups in total. The fourth-order valence-electron chi connectivity index (χ4n) is 2.89. The van der Waals surface area contributed by atoms with E-state index in [9.17, 15) is 8.42 Å². The molecule has 1 fully saturated rings. The molecule has 112 valence electrons. The van der Waals surface area contributed by atoms with Gasteiger partial charge in [-0.15, -0.1) is 0 Å². The molecule has 0 saturated carbocycles. The number of quaternary nitrogens is 1. The van der Waals surface area contributed by atoms with Crippen molar-refractivity contribution in [2.45, 2.75) is 20.4 Å². The van der Waals surface area contributed by atoms with E-state index in [2.05, 4.69) is 31.2 Å². The van der Waals surface area contributed by atoms with Crippen molar-refractivity contribution < 1.29 is 12.9 Å². The van der Waals surface area contributed by atoms with Crippen LogP contribution in [0.4, 0.5) is 0 Å². The maximum atomic E-state index is 11.9. The molecule has 0 amide bonds. The lowest BCUT2D eigenvalue weighted by Gasteiger charge is -2.44. The summed E-state index contributed by atoms with van der Waals surface area (Å²) in [5.41, 5.74) is 1.33. The minimum absolute atomic E-state index is 0.206. The first-order valence-electron chi connectivity index (χ1n) is 7.38. The van der Waals surface area contributed by atoms with Crippen LogP contribution in [0.3, 0.4) is 0 Å². The molecule has 1 aliphatic heterocycles. The van der Waals surface area contributed by atoms with Gasteiger partial charge in [-0.2, -0.15) is 4.31 Å². The minimum atomic E-state index is -3.03. The van der Waals surface area contributed by atoms with Gasteiger partial charge in [0.2, 0.25) is 10.0 Å². The van der Waals surface area contributed by atoms with E-state index in [4.69, 9.17) is 0 Å². The maximum absolute atomic E-state index is 11.9. The third-order valence-corrected chi connectivity index (χ3v) is 6.32. The lowest BCUT2D eigenvalue weighted by molar-refractivity contribution is -0.942. The summed E-state index contributed by atoms with van der Waals surface area (Å²) in [4.78, 5) is 0. The number of hydrogen-bond acceptors (Lipinski definition) is 2. The highest BCUT2D eigenvalue weighted by Crippen LogP contribution is 2.20. The van der Waals surface area contributed by atoms with Crippen molar-refractivity contribution in [1.29, 1.82) is 0 Å². The van der Waals surface area contributed by atoms with Crippen LogP contribution in [0.1, 0.15) is 19.4 Å². The summed E-state index contributed by atoms with van der Waals surface area (Å²) in [6.07, 6.45) is 0. The van der Waals surface area contributed by atoms with Gasteiger partial charge in [-0.25, -0.2) is 8.42 Å². The van der Waals surface area contributed by atoms with Gasteiger partial charge >= 0.3 is 0 Å². The Morgan fingerprint density at radius 2 is 1.70 bits per heavy atom.